The molecule has 1 aliphatic heterocycles. The number of nitrogens with zero attached hydrogens (tertiary/aromatic N) is 4. The summed E-state index contributed by atoms with van der Waals surface area (Å²) in [6, 6.07) is 8.00. The molecule has 1 aliphatic rings. The van der Waals surface area contributed by atoms with Crippen molar-refractivity contribution < 1.29 is 14.1 Å². The molecule has 2 aromatic rings. The number of methoxy groups -OCH3 is 1. The van der Waals surface area contributed by atoms with Crippen LogP contribution in [0.15, 0.2) is 28.8 Å². The van der Waals surface area contributed by atoms with Crippen LogP contribution in [0.1, 0.15) is 62.9 Å². The number of aromatic nitrogens is 2. The van der Waals surface area contributed by atoms with E-state index in [9.17, 15) is 4.79 Å². The highest BCUT2D eigenvalue weighted by Crippen LogP contribution is 2.21. The number of amides is 1. The second-order valence-electron chi connectivity index (χ2n) is 7.95. The fraction of sp³-hybridized carbons (Fsp3) is 0.609. The highest BCUT2D eigenvalue weighted by molar-refractivity contribution is 5.76. The van der Waals surface area contributed by atoms with Gasteiger partial charge in [-0.3, -0.25) is 9.69 Å². The molecule has 164 valence electrons. The van der Waals surface area contributed by atoms with Crippen molar-refractivity contribution in [2.75, 3.05) is 33.3 Å². The Bertz CT molecular complexity index is 790. The highest BCUT2D eigenvalue weighted by atomic mass is 16.5. The molecule has 0 aliphatic carbocycles. The lowest BCUT2D eigenvalue weighted by molar-refractivity contribution is -0.131. The van der Waals surface area contributed by atoms with Crippen LogP contribution in [0.4, 0.5) is 0 Å². The monoisotopic (exact) mass is 414 g/mol. The molecule has 0 bridgehead atoms. The van der Waals surface area contributed by atoms with E-state index >= 15 is 0 Å². The molecule has 1 aromatic carbocycles. The third-order valence-electron chi connectivity index (χ3n) is 5.81. The average molecular weight is 415 g/mol. The zero-order valence-electron chi connectivity index (χ0n) is 18.5. The van der Waals surface area contributed by atoms with Gasteiger partial charge in [0.1, 0.15) is 5.75 Å². The van der Waals surface area contributed by atoms with Crippen molar-refractivity contribution in [2.24, 2.45) is 0 Å². The maximum atomic E-state index is 12.7. The molecule has 1 fully saturated rings. The van der Waals surface area contributed by atoms with Gasteiger partial charge in [0.2, 0.25) is 11.8 Å². The van der Waals surface area contributed by atoms with E-state index in [1.807, 2.05) is 29.2 Å². The lowest BCUT2D eigenvalue weighted by Gasteiger charge is -2.25. The number of unbranched alkanes of at least 4 members (excludes halogenated alkanes) is 1. The predicted molar refractivity (Wildman–Crippen MR) is 115 cm³/mol. The minimum absolute atomic E-state index is 0.0715. The van der Waals surface area contributed by atoms with Crippen LogP contribution in [0, 0.1) is 0 Å². The van der Waals surface area contributed by atoms with Crippen LogP contribution in [0.2, 0.25) is 0 Å². The van der Waals surface area contributed by atoms with E-state index < -0.39 is 0 Å². The number of ether oxygens (including phenoxy) is 1. The second kappa shape index (κ2) is 11.1. The molecule has 0 radical (unpaired) electrons. The Balaban J connectivity index is 1.48. The van der Waals surface area contributed by atoms with Crippen molar-refractivity contribution in [3.05, 3.63) is 41.5 Å². The normalized spacial score (nSPS) is 16.3. The Labute approximate surface area is 179 Å². The molecule has 0 spiro atoms. The zero-order valence-corrected chi connectivity index (χ0v) is 18.5. The first kappa shape index (κ1) is 22.3. The first-order chi connectivity index (χ1) is 14.6. The summed E-state index contributed by atoms with van der Waals surface area (Å²) < 4.78 is 10.7. The van der Waals surface area contributed by atoms with Crippen molar-refractivity contribution in [2.45, 2.75) is 58.4 Å². The van der Waals surface area contributed by atoms with Gasteiger partial charge in [-0.1, -0.05) is 30.6 Å². The van der Waals surface area contributed by atoms with Crippen LogP contribution >= 0.6 is 0 Å². The van der Waals surface area contributed by atoms with Gasteiger partial charge in [-0.15, -0.1) is 0 Å². The topological polar surface area (TPSA) is 71.7 Å². The Hall–Kier alpha value is -2.41. The Kier molecular flexibility index (Phi) is 8.25. The van der Waals surface area contributed by atoms with Crippen molar-refractivity contribution in [1.29, 1.82) is 0 Å². The molecule has 7 nitrogen and oxygen atoms in total. The fourth-order valence-electron chi connectivity index (χ4n) is 3.81. The van der Waals surface area contributed by atoms with Crippen molar-refractivity contribution in [1.82, 2.24) is 19.9 Å². The SMILES string of the molecule is CCCCc1noc(C(C)N2CCCN(C(=O)CCc3ccc(OC)cc3)CC2)n1. The lowest BCUT2D eigenvalue weighted by Crippen LogP contribution is -2.36. The van der Waals surface area contributed by atoms with E-state index in [1.54, 1.807) is 7.11 Å². The summed E-state index contributed by atoms with van der Waals surface area (Å²) in [5.41, 5.74) is 1.16. The summed E-state index contributed by atoms with van der Waals surface area (Å²) in [5.74, 6) is 2.54. The van der Waals surface area contributed by atoms with Crippen LogP contribution in [-0.4, -0.2) is 59.1 Å². The molecule has 1 aromatic heterocycles. The van der Waals surface area contributed by atoms with Crippen LogP contribution < -0.4 is 4.74 Å². The average Bonchev–Trinajstić information content (AvgIpc) is 3.11. The van der Waals surface area contributed by atoms with Crippen LogP contribution in [0.5, 0.6) is 5.75 Å². The number of aryl methyl sites for hydroxylation is 2. The second-order valence-corrected chi connectivity index (χ2v) is 7.95. The molecule has 0 saturated carbocycles. The first-order valence-electron chi connectivity index (χ1n) is 11.1. The number of carbonyl (C=O) groups excluding carboxylic acids is 1. The lowest BCUT2D eigenvalue weighted by atomic mass is 10.1. The van der Waals surface area contributed by atoms with Gasteiger partial charge < -0.3 is 14.2 Å². The van der Waals surface area contributed by atoms with E-state index in [-0.39, 0.29) is 11.9 Å². The summed E-state index contributed by atoms with van der Waals surface area (Å²) >= 11 is 0. The summed E-state index contributed by atoms with van der Waals surface area (Å²) in [5, 5.41) is 4.12. The molecule has 1 amide bonds. The van der Waals surface area contributed by atoms with E-state index in [1.165, 1.54) is 0 Å². The van der Waals surface area contributed by atoms with Gasteiger partial charge in [-0.05, 0) is 43.9 Å². The van der Waals surface area contributed by atoms with Crippen LogP contribution in [0.25, 0.3) is 0 Å². The molecule has 1 atom stereocenters. The van der Waals surface area contributed by atoms with Gasteiger partial charge in [0.05, 0.1) is 13.2 Å². The number of hydrogen-bond donors (Lipinski definition) is 0. The predicted octanol–water partition coefficient (Wildman–Crippen LogP) is 3.65. The highest BCUT2D eigenvalue weighted by Gasteiger charge is 2.25. The quantitative estimate of drug-likeness (QED) is 0.624. The summed E-state index contributed by atoms with van der Waals surface area (Å²) in [7, 11) is 1.66. The first-order valence-corrected chi connectivity index (χ1v) is 11.1. The van der Waals surface area contributed by atoms with Gasteiger partial charge >= 0.3 is 0 Å². The third-order valence-corrected chi connectivity index (χ3v) is 5.81. The summed E-state index contributed by atoms with van der Waals surface area (Å²) in [6.45, 7) is 7.56. The van der Waals surface area contributed by atoms with Crippen molar-refractivity contribution in [3.8, 4) is 5.75 Å². The molecule has 1 unspecified atom stereocenters. The van der Waals surface area contributed by atoms with E-state index in [4.69, 9.17) is 9.26 Å². The molecule has 30 heavy (non-hydrogen) atoms. The maximum Gasteiger partial charge on any atom is 0.243 e. The number of carbonyl (C=O) groups is 1. The van der Waals surface area contributed by atoms with E-state index in [0.717, 1.165) is 75.4 Å². The summed E-state index contributed by atoms with van der Waals surface area (Å²) in [4.78, 5) is 21.7. The van der Waals surface area contributed by atoms with Crippen LogP contribution in [-0.2, 0) is 17.6 Å². The standard InChI is InChI=1S/C23H34N4O3/c1-4-5-7-21-24-23(30-25-21)18(2)26-14-6-15-27(17-16-26)22(28)13-10-19-8-11-20(29-3)12-9-19/h8-9,11-12,18H,4-7,10,13-17H2,1-3H3. The van der Waals surface area contributed by atoms with Crippen molar-refractivity contribution >= 4 is 5.91 Å². The Morgan fingerprint density at radius 1 is 1.17 bits per heavy atom. The van der Waals surface area contributed by atoms with E-state index in [0.29, 0.717) is 12.3 Å². The minimum Gasteiger partial charge on any atom is -0.497 e. The molecule has 2 heterocycles. The maximum absolute atomic E-state index is 12.7. The van der Waals surface area contributed by atoms with Gasteiger partial charge in [0, 0.05) is 39.0 Å². The molecule has 3 rings (SSSR count). The number of hydrogen-bond acceptors (Lipinski definition) is 6. The Morgan fingerprint density at radius 3 is 2.70 bits per heavy atom. The van der Waals surface area contributed by atoms with Crippen molar-refractivity contribution in [3.63, 3.8) is 0 Å². The Morgan fingerprint density at radius 2 is 1.97 bits per heavy atom. The van der Waals surface area contributed by atoms with Crippen LogP contribution in [0.3, 0.4) is 0 Å². The third kappa shape index (κ3) is 6.05. The molecule has 0 N–H and O–H groups in total. The molecule has 7 heteroatoms. The van der Waals surface area contributed by atoms with E-state index in [2.05, 4.69) is 28.9 Å². The molecular formula is C23H34N4O3. The minimum atomic E-state index is 0.0715. The fourth-order valence-corrected chi connectivity index (χ4v) is 3.81. The van der Waals surface area contributed by atoms with Gasteiger partial charge in [0.25, 0.3) is 0 Å². The van der Waals surface area contributed by atoms with Gasteiger partial charge in [-0.25, -0.2) is 0 Å². The number of rotatable bonds is 9. The molecular weight excluding hydrogens is 380 g/mol. The summed E-state index contributed by atoms with van der Waals surface area (Å²) in [6.07, 6.45) is 5.30. The zero-order chi connectivity index (χ0) is 21.3. The van der Waals surface area contributed by atoms with Gasteiger partial charge in [0.15, 0.2) is 5.82 Å². The number of benzene rings is 1. The molecule has 1 saturated heterocycles. The smallest absolute Gasteiger partial charge is 0.243 e. The van der Waals surface area contributed by atoms with Gasteiger partial charge in [-0.2, -0.15) is 4.98 Å². The largest absolute Gasteiger partial charge is 0.497 e.